The van der Waals surface area contributed by atoms with Crippen molar-refractivity contribution >= 4 is 11.3 Å². The number of aliphatic hydroxyl groups is 1. The highest BCUT2D eigenvalue weighted by Gasteiger charge is 2.28. The van der Waals surface area contributed by atoms with Crippen LogP contribution in [0.5, 0.6) is 0 Å². The molecule has 1 N–H and O–H groups in total. The van der Waals surface area contributed by atoms with Gasteiger partial charge in [-0.1, -0.05) is 6.92 Å². The van der Waals surface area contributed by atoms with Gasteiger partial charge in [0, 0.05) is 18.5 Å². The quantitative estimate of drug-likeness (QED) is 0.896. The Morgan fingerprint density at radius 3 is 3.12 bits per heavy atom. The standard InChI is InChI=1S/C13H22N2OS/c1-3-5-12-14-11(9-17-12)8-15-7-4-6-13(2,16)10-15/h9,16H,3-8,10H2,1-2H3. The molecule has 0 saturated carbocycles. The van der Waals surface area contributed by atoms with E-state index in [1.165, 1.54) is 5.01 Å². The molecule has 4 heteroatoms. The largest absolute Gasteiger partial charge is 0.389 e. The van der Waals surface area contributed by atoms with E-state index in [0.717, 1.165) is 51.0 Å². The summed E-state index contributed by atoms with van der Waals surface area (Å²) < 4.78 is 0. The maximum absolute atomic E-state index is 10.1. The molecule has 1 aliphatic heterocycles. The van der Waals surface area contributed by atoms with Crippen LogP contribution in [0.1, 0.15) is 43.8 Å². The first kappa shape index (κ1) is 13.0. The second kappa shape index (κ2) is 5.46. The first-order chi connectivity index (χ1) is 8.09. The highest BCUT2D eigenvalue weighted by Crippen LogP contribution is 2.22. The predicted molar refractivity (Wildman–Crippen MR) is 71.2 cm³/mol. The predicted octanol–water partition coefficient (Wildman–Crippen LogP) is 2.44. The Bertz CT molecular complexity index is 362. The Morgan fingerprint density at radius 2 is 2.41 bits per heavy atom. The van der Waals surface area contributed by atoms with E-state index < -0.39 is 5.60 Å². The van der Waals surface area contributed by atoms with E-state index >= 15 is 0 Å². The fraction of sp³-hybridized carbons (Fsp3) is 0.769. The molecule has 0 bridgehead atoms. The maximum Gasteiger partial charge on any atom is 0.0928 e. The van der Waals surface area contributed by atoms with E-state index in [4.69, 9.17) is 0 Å². The molecule has 1 fully saturated rings. The molecular weight excluding hydrogens is 232 g/mol. The van der Waals surface area contributed by atoms with Crippen molar-refractivity contribution in [1.29, 1.82) is 0 Å². The van der Waals surface area contributed by atoms with E-state index in [9.17, 15) is 5.11 Å². The minimum absolute atomic E-state index is 0.513. The maximum atomic E-state index is 10.1. The van der Waals surface area contributed by atoms with Gasteiger partial charge in [-0.3, -0.25) is 4.90 Å². The summed E-state index contributed by atoms with van der Waals surface area (Å²) >= 11 is 1.76. The zero-order valence-electron chi connectivity index (χ0n) is 10.8. The highest BCUT2D eigenvalue weighted by molar-refractivity contribution is 7.09. The fourth-order valence-electron chi connectivity index (χ4n) is 2.44. The van der Waals surface area contributed by atoms with Crippen LogP contribution >= 0.6 is 11.3 Å². The van der Waals surface area contributed by atoms with Gasteiger partial charge in [0.2, 0.25) is 0 Å². The molecule has 2 rings (SSSR count). The van der Waals surface area contributed by atoms with Gasteiger partial charge in [0.05, 0.1) is 16.3 Å². The molecule has 1 aromatic heterocycles. The van der Waals surface area contributed by atoms with E-state index in [1.54, 1.807) is 11.3 Å². The van der Waals surface area contributed by atoms with Crippen LogP contribution in [-0.2, 0) is 13.0 Å². The van der Waals surface area contributed by atoms with Crippen molar-refractivity contribution in [2.45, 2.75) is 51.7 Å². The van der Waals surface area contributed by atoms with Crippen LogP contribution in [0.3, 0.4) is 0 Å². The van der Waals surface area contributed by atoms with Gasteiger partial charge in [-0.05, 0) is 39.2 Å². The topological polar surface area (TPSA) is 36.4 Å². The van der Waals surface area contributed by atoms with Gasteiger partial charge < -0.3 is 5.11 Å². The zero-order chi connectivity index (χ0) is 12.3. The Balaban J connectivity index is 1.91. The average Bonchev–Trinajstić information content (AvgIpc) is 2.64. The van der Waals surface area contributed by atoms with Gasteiger partial charge >= 0.3 is 0 Å². The van der Waals surface area contributed by atoms with Gasteiger partial charge in [0.25, 0.3) is 0 Å². The minimum atomic E-state index is -0.513. The first-order valence-corrected chi connectivity index (χ1v) is 7.35. The van der Waals surface area contributed by atoms with Gasteiger partial charge in [-0.2, -0.15) is 0 Å². The van der Waals surface area contributed by atoms with E-state index in [-0.39, 0.29) is 0 Å². The van der Waals surface area contributed by atoms with Crippen LogP contribution in [0.15, 0.2) is 5.38 Å². The normalized spacial score (nSPS) is 26.3. The van der Waals surface area contributed by atoms with Crippen LogP contribution < -0.4 is 0 Å². The van der Waals surface area contributed by atoms with E-state index in [2.05, 4.69) is 22.2 Å². The van der Waals surface area contributed by atoms with Crippen molar-refractivity contribution in [1.82, 2.24) is 9.88 Å². The molecule has 2 heterocycles. The Labute approximate surface area is 107 Å². The number of aromatic nitrogens is 1. The second-order valence-corrected chi connectivity index (χ2v) is 6.24. The Hall–Kier alpha value is -0.450. The Kier molecular flexibility index (Phi) is 4.17. The fourth-order valence-corrected chi connectivity index (χ4v) is 3.33. The summed E-state index contributed by atoms with van der Waals surface area (Å²) in [6.07, 6.45) is 4.24. The van der Waals surface area contributed by atoms with Crippen LogP contribution in [0.25, 0.3) is 0 Å². The number of rotatable bonds is 4. The van der Waals surface area contributed by atoms with Gasteiger partial charge in [0.1, 0.15) is 0 Å². The zero-order valence-corrected chi connectivity index (χ0v) is 11.6. The smallest absolute Gasteiger partial charge is 0.0928 e. The molecule has 1 aliphatic rings. The molecule has 0 aromatic carbocycles. The molecule has 0 radical (unpaired) electrons. The van der Waals surface area contributed by atoms with Crippen molar-refractivity contribution in [3.05, 3.63) is 16.1 Å². The minimum Gasteiger partial charge on any atom is -0.389 e. The van der Waals surface area contributed by atoms with Crippen LogP contribution in [0, 0.1) is 0 Å². The highest BCUT2D eigenvalue weighted by atomic mass is 32.1. The molecule has 0 spiro atoms. The van der Waals surface area contributed by atoms with Crippen LogP contribution in [0.4, 0.5) is 0 Å². The third kappa shape index (κ3) is 3.76. The molecule has 1 unspecified atom stereocenters. The van der Waals surface area contributed by atoms with E-state index in [1.807, 2.05) is 6.92 Å². The van der Waals surface area contributed by atoms with Gasteiger partial charge in [0.15, 0.2) is 0 Å². The lowest BCUT2D eigenvalue weighted by Crippen LogP contribution is -2.45. The average molecular weight is 254 g/mol. The number of hydrogen-bond donors (Lipinski definition) is 1. The van der Waals surface area contributed by atoms with E-state index in [0.29, 0.717) is 0 Å². The van der Waals surface area contributed by atoms with Crippen LogP contribution in [0.2, 0.25) is 0 Å². The number of thiazole rings is 1. The van der Waals surface area contributed by atoms with Crippen molar-refractivity contribution in [3.63, 3.8) is 0 Å². The molecule has 3 nitrogen and oxygen atoms in total. The molecule has 17 heavy (non-hydrogen) atoms. The summed E-state index contributed by atoms with van der Waals surface area (Å²) in [5, 5.41) is 13.5. The molecular formula is C13H22N2OS. The monoisotopic (exact) mass is 254 g/mol. The third-order valence-corrected chi connectivity index (χ3v) is 4.16. The SMILES string of the molecule is CCCc1nc(CN2CCCC(C)(O)C2)cs1. The Morgan fingerprint density at radius 1 is 1.59 bits per heavy atom. The van der Waals surface area contributed by atoms with Crippen molar-refractivity contribution in [2.24, 2.45) is 0 Å². The lowest BCUT2D eigenvalue weighted by Gasteiger charge is -2.36. The molecule has 0 amide bonds. The second-order valence-electron chi connectivity index (χ2n) is 5.29. The summed E-state index contributed by atoms with van der Waals surface area (Å²) in [4.78, 5) is 6.95. The lowest BCUT2D eigenvalue weighted by atomic mass is 9.95. The molecule has 1 aromatic rings. The first-order valence-electron chi connectivity index (χ1n) is 6.47. The summed E-state index contributed by atoms with van der Waals surface area (Å²) in [6, 6.07) is 0. The number of β-amino-alcohol motifs (C(OH)–C–C–N with tert-alkyl or cyclic N) is 1. The summed E-state index contributed by atoms with van der Waals surface area (Å²) in [5.41, 5.74) is 0.650. The number of hydrogen-bond acceptors (Lipinski definition) is 4. The molecule has 96 valence electrons. The number of aryl methyl sites for hydroxylation is 1. The van der Waals surface area contributed by atoms with Crippen molar-refractivity contribution in [3.8, 4) is 0 Å². The van der Waals surface area contributed by atoms with Gasteiger partial charge in [-0.25, -0.2) is 4.98 Å². The summed E-state index contributed by atoms with van der Waals surface area (Å²) in [5.74, 6) is 0. The van der Waals surface area contributed by atoms with Crippen molar-refractivity contribution < 1.29 is 5.11 Å². The molecule has 0 aliphatic carbocycles. The number of nitrogens with zero attached hydrogens (tertiary/aromatic N) is 2. The molecule has 1 saturated heterocycles. The summed E-state index contributed by atoms with van der Waals surface area (Å²) in [6.45, 7) is 6.85. The third-order valence-electron chi connectivity index (χ3n) is 3.20. The number of likely N-dealkylation sites (tertiary alicyclic amines) is 1. The van der Waals surface area contributed by atoms with Crippen LogP contribution in [-0.4, -0.2) is 33.7 Å². The van der Waals surface area contributed by atoms with Crippen molar-refractivity contribution in [2.75, 3.05) is 13.1 Å². The molecule has 1 atom stereocenters. The van der Waals surface area contributed by atoms with Gasteiger partial charge in [-0.15, -0.1) is 11.3 Å². The summed E-state index contributed by atoms with van der Waals surface area (Å²) in [7, 11) is 0. The lowest BCUT2D eigenvalue weighted by molar-refractivity contribution is -0.0184. The number of piperidine rings is 1.